The van der Waals surface area contributed by atoms with Crippen molar-refractivity contribution in [1.29, 1.82) is 0 Å². The molecule has 0 saturated carbocycles. The fourth-order valence-corrected chi connectivity index (χ4v) is 2.61. The minimum atomic E-state index is 0.667. The van der Waals surface area contributed by atoms with Gasteiger partial charge in [-0.3, -0.25) is 0 Å². The number of benzene rings is 1. The molecular formula is C12H13N5S. The van der Waals surface area contributed by atoms with Crippen molar-refractivity contribution in [2.24, 2.45) is 0 Å². The van der Waals surface area contributed by atoms with Crippen LogP contribution in [0.5, 0.6) is 0 Å². The van der Waals surface area contributed by atoms with Crippen LogP contribution in [0.25, 0.3) is 10.9 Å². The third kappa shape index (κ3) is 1.95. The second-order valence-corrected chi connectivity index (χ2v) is 4.69. The van der Waals surface area contributed by atoms with Crippen molar-refractivity contribution in [3.05, 3.63) is 36.4 Å². The third-order valence-corrected chi connectivity index (χ3v) is 3.66. The lowest BCUT2D eigenvalue weighted by atomic mass is 10.2. The summed E-state index contributed by atoms with van der Waals surface area (Å²) in [5.74, 6) is 0.940. The van der Waals surface area contributed by atoms with Crippen LogP contribution in [0, 0.1) is 0 Å². The SMILES string of the molecule is CCn1cnnc1CNc1snc2ccccc12. The first-order valence-electron chi connectivity index (χ1n) is 5.83. The highest BCUT2D eigenvalue weighted by molar-refractivity contribution is 7.11. The van der Waals surface area contributed by atoms with E-state index in [1.54, 1.807) is 6.33 Å². The van der Waals surface area contributed by atoms with E-state index in [4.69, 9.17) is 0 Å². The molecule has 0 aliphatic heterocycles. The number of nitrogens with one attached hydrogen (secondary N) is 1. The molecular weight excluding hydrogens is 246 g/mol. The lowest BCUT2D eigenvalue weighted by Gasteiger charge is -2.04. The van der Waals surface area contributed by atoms with E-state index in [1.165, 1.54) is 11.5 Å². The predicted octanol–water partition coefficient (Wildman–Crippen LogP) is 2.52. The Kier molecular flexibility index (Phi) is 2.93. The van der Waals surface area contributed by atoms with Gasteiger partial charge >= 0.3 is 0 Å². The van der Waals surface area contributed by atoms with Crippen molar-refractivity contribution >= 4 is 27.4 Å². The van der Waals surface area contributed by atoms with Crippen LogP contribution in [0.15, 0.2) is 30.6 Å². The Morgan fingerprint density at radius 1 is 1.33 bits per heavy atom. The number of hydrogen-bond acceptors (Lipinski definition) is 5. The number of aryl methyl sites for hydroxylation is 1. The van der Waals surface area contributed by atoms with E-state index in [9.17, 15) is 0 Å². The molecule has 2 aromatic heterocycles. The number of anilines is 1. The van der Waals surface area contributed by atoms with Crippen molar-refractivity contribution in [3.8, 4) is 0 Å². The number of aromatic nitrogens is 4. The summed E-state index contributed by atoms with van der Waals surface area (Å²) in [6, 6.07) is 8.12. The molecule has 3 rings (SSSR count). The highest BCUT2D eigenvalue weighted by atomic mass is 32.1. The first-order chi connectivity index (χ1) is 8.88. The van der Waals surface area contributed by atoms with Crippen LogP contribution in [-0.2, 0) is 13.1 Å². The Labute approximate surface area is 109 Å². The first kappa shape index (κ1) is 11.2. The van der Waals surface area contributed by atoms with Crippen molar-refractivity contribution in [3.63, 3.8) is 0 Å². The summed E-state index contributed by atoms with van der Waals surface area (Å²) >= 11 is 1.48. The van der Waals surface area contributed by atoms with Gasteiger partial charge in [-0.2, -0.15) is 4.37 Å². The third-order valence-electron chi connectivity index (χ3n) is 2.83. The van der Waals surface area contributed by atoms with Crippen molar-refractivity contribution in [1.82, 2.24) is 19.1 Å². The van der Waals surface area contributed by atoms with Gasteiger partial charge in [-0.15, -0.1) is 10.2 Å². The van der Waals surface area contributed by atoms with Crippen molar-refractivity contribution < 1.29 is 0 Å². The second kappa shape index (κ2) is 4.73. The van der Waals surface area contributed by atoms with Gasteiger partial charge in [0.25, 0.3) is 0 Å². The van der Waals surface area contributed by atoms with Gasteiger partial charge in [0.1, 0.15) is 11.3 Å². The number of hydrogen-bond donors (Lipinski definition) is 1. The van der Waals surface area contributed by atoms with E-state index in [0.717, 1.165) is 28.3 Å². The number of fused-ring (bicyclic) bond motifs is 1. The summed E-state index contributed by atoms with van der Waals surface area (Å²) in [6.45, 7) is 3.63. The summed E-state index contributed by atoms with van der Waals surface area (Å²) in [6.07, 6.45) is 1.75. The molecule has 1 aromatic carbocycles. The lowest BCUT2D eigenvalue weighted by molar-refractivity contribution is 0.708. The summed E-state index contributed by atoms with van der Waals surface area (Å²) in [5, 5.41) is 13.6. The smallest absolute Gasteiger partial charge is 0.152 e. The first-order valence-corrected chi connectivity index (χ1v) is 6.61. The standard InChI is InChI=1S/C12H13N5S/c1-2-17-8-14-15-11(17)7-13-12-9-5-3-4-6-10(9)16-18-12/h3-6,8,13H,2,7H2,1H3. The summed E-state index contributed by atoms with van der Waals surface area (Å²) < 4.78 is 6.42. The van der Waals surface area contributed by atoms with Crippen LogP contribution in [0.3, 0.4) is 0 Å². The van der Waals surface area contributed by atoms with Gasteiger partial charge in [0.05, 0.1) is 12.1 Å². The zero-order valence-corrected chi connectivity index (χ0v) is 10.8. The zero-order valence-electron chi connectivity index (χ0n) is 10.00. The van der Waals surface area contributed by atoms with Gasteiger partial charge in [0, 0.05) is 11.9 Å². The Bertz CT molecular complexity index is 657. The Hall–Kier alpha value is -1.95. The molecule has 0 saturated heterocycles. The average molecular weight is 259 g/mol. The van der Waals surface area contributed by atoms with Crippen LogP contribution in [0.4, 0.5) is 5.00 Å². The maximum atomic E-state index is 4.40. The normalized spacial score (nSPS) is 10.9. The van der Waals surface area contributed by atoms with E-state index in [0.29, 0.717) is 6.54 Å². The molecule has 0 fully saturated rings. The molecule has 3 aromatic rings. The van der Waals surface area contributed by atoms with Gasteiger partial charge in [-0.1, -0.05) is 12.1 Å². The highest BCUT2D eigenvalue weighted by Gasteiger charge is 2.07. The van der Waals surface area contributed by atoms with E-state index >= 15 is 0 Å². The van der Waals surface area contributed by atoms with Crippen LogP contribution in [-0.4, -0.2) is 19.1 Å². The summed E-state index contributed by atoms with van der Waals surface area (Å²) in [4.78, 5) is 0. The van der Waals surface area contributed by atoms with E-state index in [1.807, 2.05) is 22.8 Å². The molecule has 2 heterocycles. The second-order valence-electron chi connectivity index (χ2n) is 3.92. The molecule has 5 nitrogen and oxygen atoms in total. The maximum absolute atomic E-state index is 4.40. The molecule has 92 valence electrons. The van der Waals surface area contributed by atoms with E-state index < -0.39 is 0 Å². The molecule has 0 amide bonds. The summed E-state index contributed by atoms with van der Waals surface area (Å²) in [5.41, 5.74) is 1.03. The Morgan fingerprint density at radius 3 is 3.11 bits per heavy atom. The molecule has 0 atom stereocenters. The molecule has 6 heteroatoms. The zero-order chi connectivity index (χ0) is 12.4. The predicted molar refractivity (Wildman–Crippen MR) is 72.6 cm³/mol. The minimum absolute atomic E-state index is 0.667. The number of rotatable bonds is 4. The molecule has 0 aliphatic rings. The molecule has 0 spiro atoms. The van der Waals surface area contributed by atoms with Crippen LogP contribution in [0.1, 0.15) is 12.7 Å². The molecule has 0 radical (unpaired) electrons. The van der Waals surface area contributed by atoms with Crippen LogP contribution >= 0.6 is 11.5 Å². The quantitative estimate of drug-likeness (QED) is 0.782. The molecule has 0 bridgehead atoms. The Balaban J connectivity index is 1.81. The summed E-state index contributed by atoms with van der Waals surface area (Å²) in [7, 11) is 0. The van der Waals surface area contributed by atoms with Gasteiger partial charge < -0.3 is 9.88 Å². The van der Waals surface area contributed by atoms with Gasteiger partial charge in [0.15, 0.2) is 5.82 Å². The van der Waals surface area contributed by atoms with Gasteiger partial charge in [0.2, 0.25) is 0 Å². The molecule has 1 N–H and O–H groups in total. The van der Waals surface area contributed by atoms with E-state index in [2.05, 4.69) is 32.9 Å². The van der Waals surface area contributed by atoms with Crippen molar-refractivity contribution in [2.45, 2.75) is 20.0 Å². The molecule has 0 aliphatic carbocycles. The average Bonchev–Trinajstić information content (AvgIpc) is 3.02. The van der Waals surface area contributed by atoms with Crippen LogP contribution < -0.4 is 5.32 Å². The molecule has 18 heavy (non-hydrogen) atoms. The van der Waals surface area contributed by atoms with Gasteiger partial charge in [-0.25, -0.2) is 0 Å². The monoisotopic (exact) mass is 259 g/mol. The maximum Gasteiger partial charge on any atom is 0.152 e. The van der Waals surface area contributed by atoms with Gasteiger partial charge in [-0.05, 0) is 30.6 Å². The van der Waals surface area contributed by atoms with Crippen molar-refractivity contribution in [2.75, 3.05) is 5.32 Å². The largest absolute Gasteiger partial charge is 0.368 e. The topological polar surface area (TPSA) is 55.6 Å². The van der Waals surface area contributed by atoms with E-state index in [-0.39, 0.29) is 0 Å². The number of nitrogens with zero attached hydrogens (tertiary/aromatic N) is 4. The minimum Gasteiger partial charge on any atom is -0.368 e. The molecule has 0 unspecified atom stereocenters. The lowest BCUT2D eigenvalue weighted by Crippen LogP contribution is -2.06. The van der Waals surface area contributed by atoms with Crippen LogP contribution in [0.2, 0.25) is 0 Å². The Morgan fingerprint density at radius 2 is 2.22 bits per heavy atom. The highest BCUT2D eigenvalue weighted by Crippen LogP contribution is 2.27. The fourth-order valence-electron chi connectivity index (χ4n) is 1.86. The fraction of sp³-hybridized carbons (Fsp3) is 0.250.